The SMILES string of the molecule is C=CCN1C(=O)C(=c2sc3n(c2=O)C(c2ccccc2)C(C(=O)OCC)=C(C)N=3)c2ccccc21. The number of ether oxygens (including phenoxy) is 1. The lowest BCUT2D eigenvalue weighted by Gasteiger charge is -2.24. The van der Waals surface area contributed by atoms with Crippen molar-refractivity contribution >= 4 is 34.5 Å². The average Bonchev–Trinajstić information content (AvgIpc) is 3.32. The summed E-state index contributed by atoms with van der Waals surface area (Å²) in [7, 11) is 0. The summed E-state index contributed by atoms with van der Waals surface area (Å²) < 4.78 is 7.13. The first-order valence-corrected chi connectivity index (χ1v) is 12.1. The Balaban J connectivity index is 1.82. The van der Waals surface area contributed by atoms with E-state index in [1.165, 1.54) is 4.57 Å². The zero-order valence-corrected chi connectivity index (χ0v) is 20.2. The quantitative estimate of drug-likeness (QED) is 0.411. The van der Waals surface area contributed by atoms with E-state index in [0.29, 0.717) is 38.3 Å². The largest absolute Gasteiger partial charge is 0.463 e. The third-order valence-electron chi connectivity index (χ3n) is 6.07. The Hall–Kier alpha value is -4.04. The van der Waals surface area contributed by atoms with E-state index in [1.54, 1.807) is 24.8 Å². The molecule has 35 heavy (non-hydrogen) atoms. The zero-order chi connectivity index (χ0) is 24.7. The molecule has 0 saturated carbocycles. The van der Waals surface area contributed by atoms with Crippen LogP contribution in [0.15, 0.2) is 88.3 Å². The molecule has 2 aromatic carbocycles. The number of hydrogen-bond donors (Lipinski definition) is 0. The molecule has 1 atom stereocenters. The summed E-state index contributed by atoms with van der Waals surface area (Å²) in [5, 5.41) is 0. The van der Waals surface area contributed by atoms with Gasteiger partial charge >= 0.3 is 5.97 Å². The van der Waals surface area contributed by atoms with Crippen LogP contribution in [0.2, 0.25) is 0 Å². The molecule has 0 fully saturated rings. The molecule has 7 nitrogen and oxygen atoms in total. The molecule has 0 saturated heterocycles. The molecule has 1 aromatic heterocycles. The van der Waals surface area contributed by atoms with Gasteiger partial charge in [0.15, 0.2) is 4.80 Å². The molecule has 176 valence electrons. The average molecular weight is 486 g/mol. The molecule has 1 unspecified atom stereocenters. The van der Waals surface area contributed by atoms with Crippen molar-refractivity contribution < 1.29 is 14.3 Å². The van der Waals surface area contributed by atoms with Gasteiger partial charge in [-0.15, -0.1) is 6.58 Å². The Morgan fingerprint density at radius 2 is 1.86 bits per heavy atom. The molecule has 3 heterocycles. The van der Waals surface area contributed by atoms with Crippen LogP contribution >= 0.6 is 11.3 Å². The molecule has 0 aliphatic carbocycles. The Kier molecular flexibility index (Phi) is 5.82. The van der Waals surface area contributed by atoms with E-state index in [4.69, 9.17) is 4.74 Å². The normalized spacial score (nSPS) is 18.2. The molecule has 0 N–H and O–H groups in total. The van der Waals surface area contributed by atoms with Crippen molar-refractivity contribution in [2.24, 2.45) is 4.99 Å². The summed E-state index contributed by atoms with van der Waals surface area (Å²) in [5.41, 5.74) is 2.97. The second-order valence-corrected chi connectivity index (χ2v) is 9.11. The van der Waals surface area contributed by atoms with Crippen LogP contribution in [0.1, 0.15) is 31.0 Å². The number of hydrogen-bond acceptors (Lipinski definition) is 6. The minimum Gasteiger partial charge on any atom is -0.463 e. The van der Waals surface area contributed by atoms with Crippen LogP contribution in [-0.2, 0) is 14.3 Å². The van der Waals surface area contributed by atoms with Gasteiger partial charge in [0, 0.05) is 12.1 Å². The molecule has 1 amide bonds. The van der Waals surface area contributed by atoms with Crippen LogP contribution in [0.4, 0.5) is 5.69 Å². The van der Waals surface area contributed by atoms with E-state index in [9.17, 15) is 14.4 Å². The molecule has 5 rings (SSSR count). The standard InChI is InChI=1S/C27H23N3O4S/c1-4-15-29-19-14-10-9-13-18(19)21(24(29)31)23-25(32)30-22(17-11-7-6-8-12-17)20(26(33)34-5-2)16(3)28-27(30)35-23/h4,6-14,22H,1,5,15H2,2-3H3. The van der Waals surface area contributed by atoms with E-state index < -0.39 is 12.0 Å². The van der Waals surface area contributed by atoms with Gasteiger partial charge in [-0.25, -0.2) is 9.79 Å². The maximum atomic E-state index is 14.0. The van der Waals surface area contributed by atoms with Gasteiger partial charge in [-0.3, -0.25) is 14.2 Å². The van der Waals surface area contributed by atoms with Crippen LogP contribution in [0.3, 0.4) is 0 Å². The highest BCUT2D eigenvalue weighted by atomic mass is 32.1. The monoisotopic (exact) mass is 485 g/mol. The number of carbonyl (C=O) groups excluding carboxylic acids is 2. The van der Waals surface area contributed by atoms with Crippen LogP contribution in [0.5, 0.6) is 0 Å². The number of esters is 1. The zero-order valence-electron chi connectivity index (χ0n) is 19.4. The second-order valence-electron chi connectivity index (χ2n) is 8.13. The molecule has 0 radical (unpaired) electrons. The van der Waals surface area contributed by atoms with Crippen molar-refractivity contribution in [2.45, 2.75) is 19.9 Å². The molecule has 0 spiro atoms. The van der Waals surface area contributed by atoms with Crippen molar-refractivity contribution in [1.82, 2.24) is 4.57 Å². The summed E-state index contributed by atoms with van der Waals surface area (Å²) in [5.74, 6) is -0.769. The molecule has 2 aliphatic rings. The first-order chi connectivity index (χ1) is 17.0. The molecular weight excluding hydrogens is 462 g/mol. The summed E-state index contributed by atoms with van der Waals surface area (Å²) in [4.78, 5) is 47.1. The Labute approximate surface area is 205 Å². The van der Waals surface area contributed by atoms with Crippen molar-refractivity contribution in [3.8, 4) is 0 Å². The predicted molar refractivity (Wildman–Crippen MR) is 135 cm³/mol. The lowest BCUT2D eigenvalue weighted by Crippen LogP contribution is -2.41. The van der Waals surface area contributed by atoms with Crippen LogP contribution in [0, 0.1) is 0 Å². The van der Waals surface area contributed by atoms with Gasteiger partial charge in [-0.05, 0) is 25.5 Å². The first kappa shape index (κ1) is 22.7. The lowest BCUT2D eigenvalue weighted by molar-refractivity contribution is -0.139. The fourth-order valence-electron chi connectivity index (χ4n) is 4.60. The third-order valence-corrected chi connectivity index (χ3v) is 7.12. The highest BCUT2D eigenvalue weighted by Gasteiger charge is 2.36. The van der Waals surface area contributed by atoms with E-state index in [2.05, 4.69) is 11.6 Å². The molecule has 2 aliphatic heterocycles. The number of aromatic nitrogens is 1. The van der Waals surface area contributed by atoms with Crippen molar-refractivity contribution in [1.29, 1.82) is 0 Å². The minimum atomic E-state index is -0.711. The minimum absolute atomic E-state index is 0.204. The summed E-state index contributed by atoms with van der Waals surface area (Å²) in [6.07, 6.45) is 1.66. The van der Waals surface area contributed by atoms with E-state index in [0.717, 1.165) is 22.6 Å². The fourth-order valence-corrected chi connectivity index (χ4v) is 5.74. The number of rotatable bonds is 5. The molecule has 3 aromatic rings. The number of benzene rings is 2. The maximum Gasteiger partial charge on any atom is 0.338 e. The summed E-state index contributed by atoms with van der Waals surface area (Å²) in [6.45, 7) is 7.77. The first-order valence-electron chi connectivity index (χ1n) is 11.3. The topological polar surface area (TPSA) is 81.0 Å². The van der Waals surface area contributed by atoms with Crippen molar-refractivity contribution in [2.75, 3.05) is 18.1 Å². The number of allylic oxidation sites excluding steroid dienone is 1. The van der Waals surface area contributed by atoms with Gasteiger partial charge in [0.05, 0.1) is 35.2 Å². The fraction of sp³-hybridized carbons (Fsp3) is 0.185. The number of carbonyl (C=O) groups is 2. The number of para-hydroxylation sites is 1. The van der Waals surface area contributed by atoms with Gasteiger partial charge < -0.3 is 9.64 Å². The van der Waals surface area contributed by atoms with Crippen LogP contribution < -0.4 is 19.8 Å². The smallest absolute Gasteiger partial charge is 0.338 e. The van der Waals surface area contributed by atoms with E-state index in [1.807, 2.05) is 54.6 Å². The number of amides is 1. The molecule has 0 bridgehead atoms. The highest BCUT2D eigenvalue weighted by molar-refractivity contribution is 7.07. The van der Waals surface area contributed by atoms with Gasteiger partial charge in [0.1, 0.15) is 4.53 Å². The number of fused-ring (bicyclic) bond motifs is 2. The van der Waals surface area contributed by atoms with Gasteiger partial charge in [0.2, 0.25) is 0 Å². The summed E-state index contributed by atoms with van der Waals surface area (Å²) >= 11 is 1.16. The van der Waals surface area contributed by atoms with E-state index >= 15 is 0 Å². The molecular formula is C27H23N3O4S. The van der Waals surface area contributed by atoms with Crippen LogP contribution in [0.25, 0.3) is 5.57 Å². The molecule has 8 heteroatoms. The summed E-state index contributed by atoms with van der Waals surface area (Å²) in [6, 6.07) is 16.0. The van der Waals surface area contributed by atoms with Crippen LogP contribution in [-0.4, -0.2) is 29.6 Å². The second kappa shape index (κ2) is 8.96. The highest BCUT2D eigenvalue weighted by Crippen LogP contribution is 2.35. The predicted octanol–water partition coefficient (Wildman–Crippen LogP) is 2.70. The van der Waals surface area contributed by atoms with Crippen molar-refractivity contribution in [3.63, 3.8) is 0 Å². The Bertz CT molecular complexity index is 1580. The van der Waals surface area contributed by atoms with Crippen molar-refractivity contribution in [3.05, 3.63) is 109 Å². The van der Waals surface area contributed by atoms with E-state index in [-0.39, 0.29) is 18.1 Å². The lowest BCUT2D eigenvalue weighted by atomic mass is 9.96. The number of anilines is 1. The number of nitrogens with zero attached hydrogens (tertiary/aromatic N) is 3. The van der Waals surface area contributed by atoms with Gasteiger partial charge in [0.25, 0.3) is 11.5 Å². The van der Waals surface area contributed by atoms with Gasteiger partial charge in [-0.2, -0.15) is 0 Å². The Morgan fingerprint density at radius 3 is 2.57 bits per heavy atom. The number of thiazole rings is 1. The third kappa shape index (κ3) is 3.57. The Morgan fingerprint density at radius 1 is 1.14 bits per heavy atom. The maximum absolute atomic E-state index is 14.0. The van der Waals surface area contributed by atoms with Gasteiger partial charge in [-0.1, -0.05) is 65.9 Å².